The highest BCUT2D eigenvalue weighted by atomic mass is 19.1. The van der Waals surface area contributed by atoms with E-state index in [1.807, 2.05) is 12.1 Å². The zero-order valence-electron chi connectivity index (χ0n) is 14.0. The first-order valence-electron chi connectivity index (χ1n) is 8.26. The van der Waals surface area contributed by atoms with Crippen LogP contribution in [-0.4, -0.2) is 31.6 Å². The van der Waals surface area contributed by atoms with Crippen molar-refractivity contribution in [2.75, 3.05) is 26.7 Å². The summed E-state index contributed by atoms with van der Waals surface area (Å²) in [7, 11) is 2.16. The van der Waals surface area contributed by atoms with Gasteiger partial charge in [0.2, 0.25) is 0 Å². The molecule has 2 atom stereocenters. The van der Waals surface area contributed by atoms with Gasteiger partial charge in [0.15, 0.2) is 0 Å². The van der Waals surface area contributed by atoms with E-state index in [0.717, 1.165) is 25.2 Å². The lowest BCUT2D eigenvalue weighted by atomic mass is 9.93. The third-order valence-corrected chi connectivity index (χ3v) is 3.98. The molecule has 0 saturated carbocycles. The Balaban J connectivity index is 2.65. The third kappa shape index (κ3) is 6.15. The molecule has 1 N–H and O–H groups in total. The lowest BCUT2D eigenvalue weighted by Gasteiger charge is -2.29. The second-order valence-corrected chi connectivity index (χ2v) is 6.00. The van der Waals surface area contributed by atoms with E-state index in [2.05, 4.69) is 38.0 Å². The molecular weight excluding hydrogens is 263 g/mol. The molecule has 0 fully saturated rings. The van der Waals surface area contributed by atoms with Crippen LogP contribution in [0.25, 0.3) is 0 Å². The molecule has 2 unspecified atom stereocenters. The van der Waals surface area contributed by atoms with Crippen LogP contribution in [0.4, 0.5) is 4.39 Å². The molecule has 0 bridgehead atoms. The molecule has 0 aliphatic rings. The fraction of sp³-hybridized carbons (Fsp3) is 0.667. The Labute approximate surface area is 129 Å². The van der Waals surface area contributed by atoms with Crippen molar-refractivity contribution in [3.05, 3.63) is 35.6 Å². The summed E-state index contributed by atoms with van der Waals surface area (Å²) in [5, 5.41) is 3.45. The monoisotopic (exact) mass is 294 g/mol. The molecule has 1 rings (SSSR count). The van der Waals surface area contributed by atoms with Gasteiger partial charge in [-0.2, -0.15) is 0 Å². The Morgan fingerprint density at radius 3 is 2.52 bits per heavy atom. The standard InChI is InChI=1S/C18H31FN2/c1-5-7-10-13-21(4)14-15(3)18(20-6-2)16-11-8-9-12-17(16)19/h8-9,11-12,15,18,20H,5-7,10,13-14H2,1-4H3. The first kappa shape index (κ1) is 18.1. The predicted molar refractivity (Wildman–Crippen MR) is 89.0 cm³/mol. The van der Waals surface area contributed by atoms with Crippen LogP contribution in [0.3, 0.4) is 0 Å². The van der Waals surface area contributed by atoms with Crippen LogP contribution in [0, 0.1) is 11.7 Å². The van der Waals surface area contributed by atoms with Crippen LogP contribution >= 0.6 is 0 Å². The summed E-state index contributed by atoms with van der Waals surface area (Å²) >= 11 is 0. The Kier molecular flexibility index (Phi) is 8.55. The van der Waals surface area contributed by atoms with Crippen molar-refractivity contribution in [3.63, 3.8) is 0 Å². The van der Waals surface area contributed by atoms with Crippen molar-refractivity contribution >= 4 is 0 Å². The van der Waals surface area contributed by atoms with Crippen LogP contribution < -0.4 is 5.32 Å². The van der Waals surface area contributed by atoms with Crippen LogP contribution in [0.2, 0.25) is 0 Å². The van der Waals surface area contributed by atoms with Gasteiger partial charge in [0, 0.05) is 18.2 Å². The minimum atomic E-state index is -0.107. The number of hydrogen-bond donors (Lipinski definition) is 1. The van der Waals surface area contributed by atoms with Gasteiger partial charge in [0.25, 0.3) is 0 Å². The Morgan fingerprint density at radius 1 is 1.19 bits per heavy atom. The van der Waals surface area contributed by atoms with Gasteiger partial charge in [-0.15, -0.1) is 0 Å². The Bertz CT molecular complexity index is 395. The molecule has 0 aliphatic heterocycles. The van der Waals surface area contributed by atoms with Crippen molar-refractivity contribution in [3.8, 4) is 0 Å². The van der Waals surface area contributed by atoms with Gasteiger partial charge in [-0.3, -0.25) is 0 Å². The number of nitrogens with zero attached hydrogens (tertiary/aromatic N) is 1. The highest BCUT2D eigenvalue weighted by molar-refractivity contribution is 5.22. The van der Waals surface area contributed by atoms with E-state index in [9.17, 15) is 4.39 Å². The van der Waals surface area contributed by atoms with Gasteiger partial charge in [0.05, 0.1) is 0 Å². The van der Waals surface area contributed by atoms with E-state index in [0.29, 0.717) is 5.92 Å². The van der Waals surface area contributed by atoms with E-state index in [1.165, 1.54) is 19.3 Å². The molecule has 1 aromatic carbocycles. The molecule has 0 aliphatic carbocycles. The van der Waals surface area contributed by atoms with Gasteiger partial charge in [-0.25, -0.2) is 4.39 Å². The first-order valence-corrected chi connectivity index (χ1v) is 8.26. The van der Waals surface area contributed by atoms with Crippen LogP contribution in [-0.2, 0) is 0 Å². The quantitative estimate of drug-likeness (QED) is 0.650. The topological polar surface area (TPSA) is 15.3 Å². The lowest BCUT2D eigenvalue weighted by Crippen LogP contribution is -2.35. The number of unbranched alkanes of at least 4 members (excludes halogenated alkanes) is 2. The first-order chi connectivity index (χ1) is 10.1. The van der Waals surface area contributed by atoms with Gasteiger partial charge >= 0.3 is 0 Å². The molecule has 0 radical (unpaired) electrons. The summed E-state index contributed by atoms with van der Waals surface area (Å²) < 4.78 is 14.1. The molecule has 0 spiro atoms. The number of rotatable bonds is 10. The maximum atomic E-state index is 14.1. The van der Waals surface area contributed by atoms with E-state index in [4.69, 9.17) is 0 Å². The highest BCUT2D eigenvalue weighted by Crippen LogP contribution is 2.25. The molecule has 3 heteroatoms. The number of nitrogens with one attached hydrogen (secondary N) is 1. The zero-order valence-corrected chi connectivity index (χ0v) is 14.0. The smallest absolute Gasteiger partial charge is 0.127 e. The van der Waals surface area contributed by atoms with Crippen molar-refractivity contribution < 1.29 is 4.39 Å². The molecule has 2 nitrogen and oxygen atoms in total. The van der Waals surface area contributed by atoms with Gasteiger partial charge in [-0.05, 0) is 38.5 Å². The van der Waals surface area contributed by atoms with Crippen molar-refractivity contribution in [1.82, 2.24) is 10.2 Å². The van der Waals surface area contributed by atoms with Gasteiger partial charge in [-0.1, -0.05) is 51.8 Å². The number of halogens is 1. The average molecular weight is 294 g/mol. The lowest BCUT2D eigenvalue weighted by molar-refractivity contribution is 0.242. The summed E-state index contributed by atoms with van der Waals surface area (Å²) in [5.74, 6) is 0.261. The highest BCUT2D eigenvalue weighted by Gasteiger charge is 2.22. The summed E-state index contributed by atoms with van der Waals surface area (Å²) in [6.07, 6.45) is 3.77. The Hall–Kier alpha value is -0.930. The van der Waals surface area contributed by atoms with E-state index in [1.54, 1.807) is 12.1 Å². The third-order valence-electron chi connectivity index (χ3n) is 3.98. The normalized spacial score (nSPS) is 14.4. The maximum absolute atomic E-state index is 14.1. The summed E-state index contributed by atoms with van der Waals surface area (Å²) in [4.78, 5) is 2.37. The van der Waals surface area contributed by atoms with Crippen molar-refractivity contribution in [2.24, 2.45) is 5.92 Å². The number of benzene rings is 1. The fourth-order valence-corrected chi connectivity index (χ4v) is 2.88. The fourth-order valence-electron chi connectivity index (χ4n) is 2.88. The van der Waals surface area contributed by atoms with Crippen LogP contribution in [0.1, 0.15) is 51.6 Å². The minimum Gasteiger partial charge on any atom is -0.310 e. The summed E-state index contributed by atoms with van der Waals surface area (Å²) in [5.41, 5.74) is 0.786. The summed E-state index contributed by atoms with van der Waals surface area (Å²) in [6, 6.07) is 7.20. The van der Waals surface area contributed by atoms with E-state index >= 15 is 0 Å². The molecule has 0 heterocycles. The maximum Gasteiger partial charge on any atom is 0.127 e. The average Bonchev–Trinajstić information content (AvgIpc) is 2.46. The van der Waals surface area contributed by atoms with Crippen molar-refractivity contribution in [1.29, 1.82) is 0 Å². The molecule has 0 amide bonds. The zero-order chi connectivity index (χ0) is 15.7. The van der Waals surface area contributed by atoms with E-state index in [-0.39, 0.29) is 11.9 Å². The predicted octanol–water partition coefficient (Wildman–Crippen LogP) is 4.23. The largest absolute Gasteiger partial charge is 0.310 e. The van der Waals surface area contributed by atoms with Gasteiger partial charge < -0.3 is 10.2 Å². The molecule has 120 valence electrons. The van der Waals surface area contributed by atoms with E-state index < -0.39 is 0 Å². The number of hydrogen-bond acceptors (Lipinski definition) is 2. The SMILES string of the molecule is CCCCCN(C)CC(C)C(NCC)c1ccccc1F. The molecule has 1 aromatic rings. The Morgan fingerprint density at radius 2 is 1.90 bits per heavy atom. The summed E-state index contributed by atoms with van der Waals surface area (Å²) in [6.45, 7) is 9.45. The second-order valence-electron chi connectivity index (χ2n) is 6.00. The van der Waals surface area contributed by atoms with Crippen LogP contribution in [0.15, 0.2) is 24.3 Å². The molecular formula is C18H31FN2. The molecule has 21 heavy (non-hydrogen) atoms. The second kappa shape index (κ2) is 9.91. The minimum absolute atomic E-state index is 0.0739. The molecule has 0 aromatic heterocycles. The molecule has 0 saturated heterocycles. The van der Waals surface area contributed by atoms with Crippen LogP contribution in [0.5, 0.6) is 0 Å². The van der Waals surface area contributed by atoms with Gasteiger partial charge in [0.1, 0.15) is 5.82 Å². The van der Waals surface area contributed by atoms with Crippen molar-refractivity contribution in [2.45, 2.75) is 46.1 Å².